The van der Waals surface area contributed by atoms with Gasteiger partial charge in [0.2, 0.25) is 23.6 Å². The van der Waals surface area contributed by atoms with Crippen LogP contribution < -0.4 is 21.3 Å². The largest absolute Gasteiger partial charge is 0.370 e. The number of carbonyl (C=O) groups is 4. The van der Waals surface area contributed by atoms with Gasteiger partial charge in [-0.3, -0.25) is 24.5 Å². The minimum atomic E-state index is -1.53. The third kappa shape index (κ3) is 3.46. The third-order valence-electron chi connectivity index (χ3n) is 7.35. The number of unbranched alkanes of at least 4 members (excludes halogenated alkanes) is 1. The van der Waals surface area contributed by atoms with Crippen LogP contribution in [-0.4, -0.2) is 29.7 Å². The zero-order chi connectivity index (χ0) is 25.1. The smallest absolute Gasteiger partial charge is 0.250 e. The van der Waals surface area contributed by atoms with Crippen molar-refractivity contribution < 1.29 is 19.2 Å². The van der Waals surface area contributed by atoms with Gasteiger partial charge in [0.25, 0.3) is 0 Å². The number of primary amides is 1. The van der Waals surface area contributed by atoms with Gasteiger partial charge in [-0.15, -0.1) is 0 Å². The summed E-state index contributed by atoms with van der Waals surface area (Å²) in [6.45, 7) is 3.96. The average Bonchev–Trinajstić information content (AvgIpc) is 3.38. The van der Waals surface area contributed by atoms with Gasteiger partial charge in [-0.2, -0.15) is 0 Å². The van der Waals surface area contributed by atoms with Crippen molar-refractivity contribution in [2.45, 2.75) is 51.1 Å². The molecule has 1 spiro atoms. The molecule has 0 saturated carbocycles. The topological polar surface area (TPSA) is 122 Å². The first-order valence-corrected chi connectivity index (χ1v) is 12.2. The van der Waals surface area contributed by atoms with E-state index in [0.717, 1.165) is 35.3 Å². The van der Waals surface area contributed by atoms with Gasteiger partial charge in [-0.25, -0.2) is 4.90 Å². The Labute approximate surface area is 208 Å². The Bertz CT molecular complexity index is 1260. The fourth-order valence-corrected chi connectivity index (χ4v) is 6.15. The predicted octanol–water partition coefficient (Wildman–Crippen LogP) is 2.79. The molecule has 4 amide bonds. The van der Waals surface area contributed by atoms with Crippen molar-refractivity contribution in [3.05, 3.63) is 58.1 Å². The lowest BCUT2D eigenvalue weighted by molar-refractivity contribution is -0.130. The Kier molecular flexibility index (Phi) is 5.68. The minimum Gasteiger partial charge on any atom is -0.370 e. The fraction of sp³-hybridized carbons (Fsp3) is 0.385. The lowest BCUT2D eigenvalue weighted by Gasteiger charge is -2.29. The van der Waals surface area contributed by atoms with Crippen LogP contribution in [0.2, 0.25) is 5.02 Å². The monoisotopic (exact) mass is 494 g/mol. The molecule has 2 saturated heterocycles. The van der Waals surface area contributed by atoms with Crippen LogP contribution in [0.1, 0.15) is 42.9 Å². The van der Waals surface area contributed by atoms with Crippen LogP contribution in [0.3, 0.4) is 0 Å². The molecule has 9 heteroatoms. The molecule has 0 unspecified atom stereocenters. The van der Waals surface area contributed by atoms with E-state index in [0.29, 0.717) is 22.0 Å². The number of halogens is 1. The van der Waals surface area contributed by atoms with Crippen LogP contribution in [-0.2, 0) is 31.1 Å². The quantitative estimate of drug-likeness (QED) is 0.533. The van der Waals surface area contributed by atoms with Gasteiger partial charge in [-0.1, -0.05) is 43.1 Å². The highest BCUT2D eigenvalue weighted by atomic mass is 35.5. The van der Waals surface area contributed by atoms with Gasteiger partial charge in [0.1, 0.15) is 5.54 Å². The maximum Gasteiger partial charge on any atom is 0.250 e. The maximum atomic E-state index is 13.9. The predicted molar refractivity (Wildman–Crippen MR) is 132 cm³/mol. The number of carbonyl (C=O) groups excluding carboxylic acids is 4. The number of amides is 4. The molecular weight excluding hydrogens is 468 g/mol. The molecular formula is C26H27ClN4O4. The van der Waals surface area contributed by atoms with Crippen molar-refractivity contribution >= 4 is 46.6 Å². The zero-order valence-electron chi connectivity index (χ0n) is 19.6. The molecule has 35 heavy (non-hydrogen) atoms. The normalized spacial score (nSPS) is 26.9. The van der Waals surface area contributed by atoms with E-state index in [4.69, 9.17) is 17.3 Å². The number of hydrogen-bond donors (Lipinski definition) is 3. The first-order valence-electron chi connectivity index (χ1n) is 11.8. The number of nitrogens with two attached hydrogens (primary N) is 1. The number of imide groups is 1. The number of fused-ring (bicyclic) bond motifs is 4. The molecule has 5 rings (SSSR count). The van der Waals surface area contributed by atoms with Crippen molar-refractivity contribution in [2.24, 2.45) is 17.6 Å². The Morgan fingerprint density at radius 1 is 1.14 bits per heavy atom. The number of anilines is 2. The second kappa shape index (κ2) is 8.46. The molecule has 182 valence electrons. The molecule has 2 aromatic carbocycles. The molecule has 2 aromatic rings. The summed E-state index contributed by atoms with van der Waals surface area (Å²) in [5, 5.41) is 6.33. The lowest BCUT2D eigenvalue weighted by atomic mass is 9.76. The highest BCUT2D eigenvalue weighted by Crippen LogP contribution is 2.55. The molecule has 0 bridgehead atoms. The fourth-order valence-electron chi connectivity index (χ4n) is 5.83. The Morgan fingerprint density at radius 3 is 2.51 bits per heavy atom. The summed E-state index contributed by atoms with van der Waals surface area (Å²) in [6.07, 6.45) is 2.84. The van der Waals surface area contributed by atoms with Gasteiger partial charge in [0.15, 0.2) is 0 Å². The zero-order valence-corrected chi connectivity index (χ0v) is 20.3. The van der Waals surface area contributed by atoms with Gasteiger partial charge in [0, 0.05) is 18.0 Å². The first-order chi connectivity index (χ1) is 16.7. The second-order valence-electron chi connectivity index (χ2n) is 9.64. The van der Waals surface area contributed by atoms with Crippen LogP contribution in [0.25, 0.3) is 0 Å². The van der Waals surface area contributed by atoms with Gasteiger partial charge in [-0.05, 0) is 49.1 Å². The molecule has 0 aromatic heterocycles. The summed E-state index contributed by atoms with van der Waals surface area (Å²) in [5.74, 6) is -4.00. The molecule has 4 N–H and O–H groups in total. The lowest BCUT2D eigenvalue weighted by Crippen LogP contribution is -2.53. The average molecular weight is 495 g/mol. The molecule has 3 heterocycles. The van der Waals surface area contributed by atoms with Crippen molar-refractivity contribution in [2.75, 3.05) is 10.2 Å². The minimum absolute atomic E-state index is 0.187. The Hall–Kier alpha value is -3.23. The van der Waals surface area contributed by atoms with Crippen LogP contribution in [0.5, 0.6) is 0 Å². The number of aryl methyl sites for hydroxylation is 2. The second-order valence-corrected chi connectivity index (χ2v) is 10.0. The van der Waals surface area contributed by atoms with Crippen molar-refractivity contribution in [1.29, 1.82) is 0 Å². The number of benzene rings is 2. The SMILES string of the molecule is CCCCc1ccc(N2C(=O)[C@@H]3[C@H](CC(N)=O)N[C@@]4(C(=O)Nc5c(Cl)cc(C)cc54)[C@@H]3C2=O)cc1. The molecule has 4 atom stereocenters. The molecule has 8 nitrogen and oxygen atoms in total. The summed E-state index contributed by atoms with van der Waals surface area (Å²) in [6, 6.07) is 10.1. The first kappa shape index (κ1) is 23.5. The molecule has 0 aliphatic carbocycles. The van der Waals surface area contributed by atoms with E-state index in [9.17, 15) is 19.2 Å². The summed E-state index contributed by atoms with van der Waals surface area (Å²) < 4.78 is 0. The Morgan fingerprint density at radius 2 is 1.86 bits per heavy atom. The Balaban J connectivity index is 1.61. The van der Waals surface area contributed by atoms with E-state index in [1.807, 2.05) is 19.1 Å². The van der Waals surface area contributed by atoms with Gasteiger partial charge >= 0.3 is 0 Å². The van der Waals surface area contributed by atoms with E-state index in [-0.39, 0.29) is 6.42 Å². The standard InChI is InChI=1S/C26H27ClN4O4/c1-3-4-5-14-6-8-15(9-7-14)31-23(33)20-18(12-19(28)32)30-26(21(20)24(31)34)16-10-13(2)11-17(27)22(16)29-25(26)35/h6-11,18,20-21,30H,3-5,12H2,1-2H3,(H2,28,32)(H,29,35)/t18-,20+,21-,26+/m0/s1. The summed E-state index contributed by atoms with van der Waals surface area (Å²) in [4.78, 5) is 54.2. The molecule has 0 radical (unpaired) electrons. The van der Waals surface area contributed by atoms with Crippen LogP contribution >= 0.6 is 11.6 Å². The number of nitrogens with zero attached hydrogens (tertiary/aromatic N) is 1. The van der Waals surface area contributed by atoms with Crippen molar-refractivity contribution in [3.8, 4) is 0 Å². The summed E-state index contributed by atoms with van der Waals surface area (Å²) >= 11 is 6.43. The molecule has 2 fully saturated rings. The number of hydrogen-bond acceptors (Lipinski definition) is 5. The van der Waals surface area contributed by atoms with E-state index < -0.39 is 47.0 Å². The van der Waals surface area contributed by atoms with E-state index in [2.05, 4.69) is 17.6 Å². The summed E-state index contributed by atoms with van der Waals surface area (Å²) in [7, 11) is 0. The summed E-state index contributed by atoms with van der Waals surface area (Å²) in [5.41, 5.74) is 7.25. The van der Waals surface area contributed by atoms with Crippen molar-refractivity contribution in [3.63, 3.8) is 0 Å². The van der Waals surface area contributed by atoms with E-state index >= 15 is 0 Å². The number of rotatable bonds is 6. The highest BCUT2D eigenvalue weighted by molar-refractivity contribution is 6.35. The van der Waals surface area contributed by atoms with Gasteiger partial charge < -0.3 is 11.1 Å². The van der Waals surface area contributed by atoms with Crippen molar-refractivity contribution in [1.82, 2.24) is 5.32 Å². The molecule has 3 aliphatic heterocycles. The van der Waals surface area contributed by atoms with Crippen LogP contribution in [0.4, 0.5) is 11.4 Å². The maximum absolute atomic E-state index is 13.9. The highest BCUT2D eigenvalue weighted by Gasteiger charge is 2.71. The van der Waals surface area contributed by atoms with E-state index in [1.54, 1.807) is 24.3 Å². The van der Waals surface area contributed by atoms with Gasteiger partial charge in [0.05, 0.1) is 28.2 Å². The van der Waals surface area contributed by atoms with E-state index in [1.165, 1.54) is 0 Å². The van der Waals surface area contributed by atoms with Crippen LogP contribution in [0, 0.1) is 18.8 Å². The molecule has 3 aliphatic rings. The number of nitrogens with one attached hydrogen (secondary N) is 2. The third-order valence-corrected chi connectivity index (χ3v) is 7.65. The van der Waals surface area contributed by atoms with Crippen LogP contribution in [0.15, 0.2) is 36.4 Å².